The summed E-state index contributed by atoms with van der Waals surface area (Å²) in [6, 6.07) is 1.45. The molecule has 0 bridgehead atoms. The van der Waals surface area contributed by atoms with Gasteiger partial charge in [0, 0.05) is 24.3 Å². The van der Waals surface area contributed by atoms with Crippen molar-refractivity contribution in [1.82, 2.24) is 15.1 Å². The standard InChI is InChI=1S/C14H23N3/c1-11-12(9-15-13-7-8-13)10-17(16-11)14-5-3-2-4-6-14/h10,13-15H,2-9H2,1H3. The van der Waals surface area contributed by atoms with Crippen LogP contribution in [0, 0.1) is 6.92 Å². The molecule has 0 atom stereocenters. The van der Waals surface area contributed by atoms with Gasteiger partial charge in [-0.15, -0.1) is 0 Å². The van der Waals surface area contributed by atoms with Crippen LogP contribution in [0.15, 0.2) is 6.20 Å². The van der Waals surface area contributed by atoms with Crippen LogP contribution in [0.1, 0.15) is 62.2 Å². The number of hydrogen-bond donors (Lipinski definition) is 1. The van der Waals surface area contributed by atoms with Gasteiger partial charge in [-0.25, -0.2) is 0 Å². The number of aryl methyl sites for hydroxylation is 1. The van der Waals surface area contributed by atoms with Gasteiger partial charge < -0.3 is 5.32 Å². The van der Waals surface area contributed by atoms with Crippen LogP contribution in [-0.2, 0) is 6.54 Å². The Morgan fingerprint density at radius 2 is 2.00 bits per heavy atom. The lowest BCUT2D eigenvalue weighted by atomic mass is 9.96. The summed E-state index contributed by atoms with van der Waals surface area (Å²) < 4.78 is 2.23. The first-order chi connectivity index (χ1) is 8.33. The van der Waals surface area contributed by atoms with Crippen LogP contribution in [0.5, 0.6) is 0 Å². The molecular weight excluding hydrogens is 210 g/mol. The summed E-state index contributed by atoms with van der Waals surface area (Å²) in [7, 11) is 0. The van der Waals surface area contributed by atoms with Crippen molar-refractivity contribution < 1.29 is 0 Å². The molecule has 0 aliphatic heterocycles. The van der Waals surface area contributed by atoms with E-state index >= 15 is 0 Å². The molecule has 94 valence electrons. The molecule has 3 rings (SSSR count). The zero-order valence-corrected chi connectivity index (χ0v) is 10.8. The fourth-order valence-electron chi connectivity index (χ4n) is 2.77. The average Bonchev–Trinajstić information content (AvgIpc) is 3.12. The van der Waals surface area contributed by atoms with Gasteiger partial charge in [-0.05, 0) is 32.6 Å². The van der Waals surface area contributed by atoms with Gasteiger partial charge in [0.2, 0.25) is 0 Å². The maximum Gasteiger partial charge on any atom is 0.0638 e. The Kier molecular flexibility index (Phi) is 3.19. The van der Waals surface area contributed by atoms with E-state index in [2.05, 4.69) is 23.1 Å². The van der Waals surface area contributed by atoms with Crippen LogP contribution in [0.2, 0.25) is 0 Å². The second-order valence-electron chi connectivity index (χ2n) is 5.67. The predicted molar refractivity (Wildman–Crippen MR) is 68.9 cm³/mol. The molecule has 0 aromatic carbocycles. The Labute approximate surface area is 104 Å². The fourth-order valence-corrected chi connectivity index (χ4v) is 2.77. The van der Waals surface area contributed by atoms with Crippen molar-refractivity contribution in [3.05, 3.63) is 17.5 Å². The molecule has 0 unspecified atom stereocenters. The summed E-state index contributed by atoms with van der Waals surface area (Å²) in [5.74, 6) is 0. The van der Waals surface area contributed by atoms with E-state index in [0.29, 0.717) is 6.04 Å². The van der Waals surface area contributed by atoms with E-state index in [-0.39, 0.29) is 0 Å². The largest absolute Gasteiger partial charge is 0.310 e. The zero-order chi connectivity index (χ0) is 11.7. The lowest BCUT2D eigenvalue weighted by molar-refractivity contribution is 0.328. The normalized spacial score (nSPS) is 21.9. The number of rotatable bonds is 4. The van der Waals surface area contributed by atoms with E-state index in [9.17, 15) is 0 Å². The molecule has 2 aliphatic carbocycles. The minimum absolute atomic E-state index is 0.664. The Hall–Kier alpha value is -0.830. The van der Waals surface area contributed by atoms with Gasteiger partial charge in [-0.1, -0.05) is 19.3 Å². The predicted octanol–water partition coefficient (Wildman–Crippen LogP) is 2.95. The smallest absolute Gasteiger partial charge is 0.0638 e. The first kappa shape index (κ1) is 11.3. The summed E-state index contributed by atoms with van der Waals surface area (Å²) in [5, 5.41) is 8.29. The third-order valence-corrected chi connectivity index (χ3v) is 4.13. The Bertz CT molecular complexity index is 373. The summed E-state index contributed by atoms with van der Waals surface area (Å²) in [4.78, 5) is 0. The van der Waals surface area contributed by atoms with Gasteiger partial charge in [0.05, 0.1) is 11.7 Å². The van der Waals surface area contributed by atoms with Crippen molar-refractivity contribution in [2.45, 2.75) is 70.5 Å². The average molecular weight is 233 g/mol. The fraction of sp³-hybridized carbons (Fsp3) is 0.786. The first-order valence-corrected chi connectivity index (χ1v) is 7.11. The van der Waals surface area contributed by atoms with Crippen LogP contribution in [0.25, 0.3) is 0 Å². The molecule has 3 heteroatoms. The zero-order valence-electron chi connectivity index (χ0n) is 10.8. The molecule has 0 radical (unpaired) electrons. The van der Waals surface area contributed by atoms with Crippen molar-refractivity contribution in [2.24, 2.45) is 0 Å². The van der Waals surface area contributed by atoms with Crippen molar-refractivity contribution in [2.75, 3.05) is 0 Å². The Morgan fingerprint density at radius 1 is 1.24 bits per heavy atom. The highest BCUT2D eigenvalue weighted by molar-refractivity contribution is 5.16. The minimum atomic E-state index is 0.664. The number of hydrogen-bond acceptors (Lipinski definition) is 2. The summed E-state index contributed by atoms with van der Waals surface area (Å²) in [5.41, 5.74) is 2.60. The van der Waals surface area contributed by atoms with Crippen molar-refractivity contribution >= 4 is 0 Å². The Morgan fingerprint density at radius 3 is 2.71 bits per heavy atom. The highest BCUT2D eigenvalue weighted by Crippen LogP contribution is 2.28. The van der Waals surface area contributed by atoms with Gasteiger partial charge in [0.1, 0.15) is 0 Å². The topological polar surface area (TPSA) is 29.9 Å². The van der Waals surface area contributed by atoms with Crippen molar-refractivity contribution in [3.63, 3.8) is 0 Å². The molecular formula is C14H23N3. The summed E-state index contributed by atoms with van der Waals surface area (Å²) >= 11 is 0. The molecule has 0 saturated heterocycles. The monoisotopic (exact) mass is 233 g/mol. The van der Waals surface area contributed by atoms with Crippen LogP contribution < -0.4 is 5.32 Å². The molecule has 0 spiro atoms. The third kappa shape index (κ3) is 2.71. The van der Waals surface area contributed by atoms with Gasteiger partial charge in [0.25, 0.3) is 0 Å². The first-order valence-electron chi connectivity index (χ1n) is 7.11. The van der Waals surface area contributed by atoms with Crippen LogP contribution >= 0.6 is 0 Å². The molecule has 3 nitrogen and oxygen atoms in total. The summed E-state index contributed by atoms with van der Waals surface area (Å²) in [6.07, 6.45) is 11.8. The van der Waals surface area contributed by atoms with Crippen LogP contribution in [0.3, 0.4) is 0 Å². The molecule has 1 aromatic heterocycles. The van der Waals surface area contributed by atoms with E-state index in [1.54, 1.807) is 0 Å². The van der Waals surface area contributed by atoms with Gasteiger partial charge in [-0.3, -0.25) is 4.68 Å². The van der Waals surface area contributed by atoms with Crippen molar-refractivity contribution in [3.8, 4) is 0 Å². The van der Waals surface area contributed by atoms with E-state index in [1.165, 1.54) is 56.2 Å². The molecule has 1 heterocycles. The molecule has 2 aliphatic rings. The minimum Gasteiger partial charge on any atom is -0.310 e. The molecule has 0 amide bonds. The molecule has 1 aromatic rings. The van der Waals surface area contributed by atoms with Crippen LogP contribution in [-0.4, -0.2) is 15.8 Å². The lowest BCUT2D eigenvalue weighted by Crippen LogP contribution is -2.15. The van der Waals surface area contributed by atoms with E-state index in [4.69, 9.17) is 5.10 Å². The highest BCUT2D eigenvalue weighted by atomic mass is 15.3. The number of nitrogens with zero attached hydrogens (tertiary/aromatic N) is 2. The van der Waals surface area contributed by atoms with Crippen molar-refractivity contribution in [1.29, 1.82) is 0 Å². The molecule has 2 fully saturated rings. The van der Waals surface area contributed by atoms with E-state index < -0.39 is 0 Å². The van der Waals surface area contributed by atoms with Gasteiger partial charge in [0.15, 0.2) is 0 Å². The van der Waals surface area contributed by atoms with Gasteiger partial charge in [-0.2, -0.15) is 5.10 Å². The maximum atomic E-state index is 4.71. The highest BCUT2D eigenvalue weighted by Gasteiger charge is 2.21. The van der Waals surface area contributed by atoms with E-state index in [0.717, 1.165) is 12.6 Å². The second kappa shape index (κ2) is 4.81. The van der Waals surface area contributed by atoms with Gasteiger partial charge >= 0.3 is 0 Å². The SMILES string of the molecule is Cc1nn(C2CCCCC2)cc1CNC1CC1. The van der Waals surface area contributed by atoms with Crippen LogP contribution in [0.4, 0.5) is 0 Å². The molecule has 1 N–H and O–H groups in total. The second-order valence-corrected chi connectivity index (χ2v) is 5.67. The summed E-state index contributed by atoms with van der Waals surface area (Å²) in [6.45, 7) is 3.15. The number of aromatic nitrogens is 2. The lowest BCUT2D eigenvalue weighted by Gasteiger charge is -2.21. The third-order valence-electron chi connectivity index (χ3n) is 4.13. The quantitative estimate of drug-likeness (QED) is 0.866. The number of nitrogens with one attached hydrogen (secondary N) is 1. The van der Waals surface area contributed by atoms with E-state index in [1.807, 2.05) is 0 Å². The maximum absolute atomic E-state index is 4.71. The molecule has 17 heavy (non-hydrogen) atoms. The molecule has 2 saturated carbocycles. The Balaban J connectivity index is 1.65.